The number of nitrogens with zero attached hydrogens (tertiary/aromatic N) is 2. The van der Waals surface area contributed by atoms with Gasteiger partial charge in [0, 0.05) is 13.7 Å². The highest BCUT2D eigenvalue weighted by Crippen LogP contribution is 2.40. The van der Waals surface area contributed by atoms with Crippen molar-refractivity contribution in [1.29, 1.82) is 0 Å². The van der Waals surface area contributed by atoms with E-state index in [4.69, 9.17) is 9.47 Å². The molecule has 2 fully saturated rings. The Morgan fingerprint density at radius 3 is 2.43 bits per heavy atom. The van der Waals surface area contributed by atoms with Crippen LogP contribution in [0.25, 0.3) is 0 Å². The third-order valence-electron chi connectivity index (χ3n) is 6.73. The first-order valence-corrected chi connectivity index (χ1v) is 10.8. The lowest BCUT2D eigenvalue weighted by Gasteiger charge is -2.55. The SMILES string of the molecule is CCC(CC)(OC)[C@@H]1CCCN1N1C(=O)[C@H](OCc2ccccc2)[C@@H]1C(C)C. The van der Waals surface area contributed by atoms with Gasteiger partial charge in [0.2, 0.25) is 0 Å². The molecule has 5 heteroatoms. The molecular formula is C23H36N2O3. The lowest BCUT2D eigenvalue weighted by molar-refractivity contribution is -0.234. The molecule has 0 aliphatic carbocycles. The van der Waals surface area contributed by atoms with Gasteiger partial charge < -0.3 is 9.47 Å². The molecule has 0 unspecified atom stereocenters. The Balaban J connectivity index is 1.75. The normalized spacial score (nSPS) is 26.1. The predicted octanol–water partition coefficient (Wildman–Crippen LogP) is 4.02. The zero-order valence-electron chi connectivity index (χ0n) is 18.1. The number of rotatable bonds is 9. The van der Waals surface area contributed by atoms with Gasteiger partial charge in [-0.15, -0.1) is 0 Å². The number of hydrogen-bond acceptors (Lipinski definition) is 4. The maximum Gasteiger partial charge on any atom is 0.268 e. The van der Waals surface area contributed by atoms with Crippen LogP contribution in [0.15, 0.2) is 30.3 Å². The van der Waals surface area contributed by atoms with E-state index in [-0.39, 0.29) is 29.7 Å². The second-order valence-electron chi connectivity index (χ2n) is 8.43. The van der Waals surface area contributed by atoms with Crippen molar-refractivity contribution in [2.45, 2.75) is 83.8 Å². The summed E-state index contributed by atoms with van der Waals surface area (Å²) in [5.41, 5.74) is 0.902. The van der Waals surface area contributed by atoms with Crippen LogP contribution in [0.3, 0.4) is 0 Å². The van der Waals surface area contributed by atoms with Crippen molar-refractivity contribution in [2.24, 2.45) is 5.92 Å². The van der Waals surface area contributed by atoms with Gasteiger partial charge >= 0.3 is 0 Å². The van der Waals surface area contributed by atoms with Gasteiger partial charge in [-0.05, 0) is 37.2 Å². The van der Waals surface area contributed by atoms with E-state index in [1.807, 2.05) is 42.5 Å². The summed E-state index contributed by atoms with van der Waals surface area (Å²) in [5, 5.41) is 4.29. The monoisotopic (exact) mass is 388 g/mol. The van der Waals surface area contributed by atoms with Crippen LogP contribution in [0.1, 0.15) is 58.9 Å². The number of benzene rings is 1. The number of methoxy groups -OCH3 is 1. The second-order valence-corrected chi connectivity index (χ2v) is 8.43. The van der Waals surface area contributed by atoms with Crippen LogP contribution < -0.4 is 0 Å². The van der Waals surface area contributed by atoms with Crippen LogP contribution >= 0.6 is 0 Å². The first-order chi connectivity index (χ1) is 13.5. The smallest absolute Gasteiger partial charge is 0.268 e. The molecule has 3 atom stereocenters. The molecule has 2 heterocycles. The average molecular weight is 389 g/mol. The number of hydrogen-bond donors (Lipinski definition) is 0. The minimum atomic E-state index is -0.360. The van der Waals surface area contributed by atoms with Gasteiger partial charge in [-0.25, -0.2) is 5.01 Å². The summed E-state index contributed by atoms with van der Waals surface area (Å²) in [7, 11) is 1.81. The number of carbonyl (C=O) groups is 1. The second kappa shape index (κ2) is 8.93. The molecule has 0 radical (unpaired) electrons. The fourth-order valence-corrected chi connectivity index (χ4v) is 5.02. The number of β-lactam (4-membered cyclic amide) rings is 1. The average Bonchev–Trinajstić information content (AvgIpc) is 3.18. The van der Waals surface area contributed by atoms with Crippen LogP contribution in [0.4, 0.5) is 0 Å². The van der Waals surface area contributed by atoms with E-state index in [1.54, 1.807) is 0 Å². The molecule has 156 valence electrons. The molecule has 1 aromatic carbocycles. The molecule has 3 rings (SSSR count). The molecule has 0 saturated carbocycles. The van der Waals surface area contributed by atoms with Crippen molar-refractivity contribution in [3.63, 3.8) is 0 Å². The largest absolute Gasteiger partial charge is 0.377 e. The number of carbonyl (C=O) groups excluding carboxylic acids is 1. The Labute approximate surface area is 170 Å². The van der Waals surface area contributed by atoms with Crippen molar-refractivity contribution in [3.05, 3.63) is 35.9 Å². The van der Waals surface area contributed by atoms with Gasteiger partial charge in [0.15, 0.2) is 6.10 Å². The summed E-state index contributed by atoms with van der Waals surface area (Å²) < 4.78 is 12.1. The van der Waals surface area contributed by atoms with E-state index in [0.717, 1.165) is 37.8 Å². The molecule has 0 N–H and O–H groups in total. The van der Waals surface area contributed by atoms with Gasteiger partial charge in [-0.3, -0.25) is 9.80 Å². The molecule has 28 heavy (non-hydrogen) atoms. The number of ether oxygens (including phenoxy) is 2. The molecule has 1 amide bonds. The van der Waals surface area contributed by atoms with E-state index in [9.17, 15) is 4.79 Å². The Bertz CT molecular complexity index is 636. The molecule has 0 aromatic heterocycles. The molecule has 2 aliphatic heterocycles. The molecule has 0 bridgehead atoms. The highest BCUT2D eigenvalue weighted by Gasteiger charge is 2.56. The topological polar surface area (TPSA) is 42.0 Å². The minimum Gasteiger partial charge on any atom is -0.377 e. The van der Waals surface area contributed by atoms with Crippen LogP contribution in [0.5, 0.6) is 0 Å². The third-order valence-corrected chi connectivity index (χ3v) is 6.73. The van der Waals surface area contributed by atoms with Crippen molar-refractivity contribution in [1.82, 2.24) is 10.0 Å². The van der Waals surface area contributed by atoms with Gasteiger partial charge in [0.05, 0.1) is 24.3 Å². The zero-order chi connectivity index (χ0) is 20.3. The maximum atomic E-state index is 13.1. The van der Waals surface area contributed by atoms with Gasteiger partial charge in [0.25, 0.3) is 5.91 Å². The Kier molecular flexibility index (Phi) is 6.79. The van der Waals surface area contributed by atoms with E-state index >= 15 is 0 Å². The minimum absolute atomic E-state index is 0.0834. The van der Waals surface area contributed by atoms with E-state index in [2.05, 4.69) is 32.7 Å². The summed E-state index contributed by atoms with van der Waals surface area (Å²) >= 11 is 0. The van der Waals surface area contributed by atoms with Crippen LogP contribution in [0.2, 0.25) is 0 Å². The van der Waals surface area contributed by atoms with Crippen molar-refractivity contribution >= 4 is 5.91 Å². The fraction of sp³-hybridized carbons (Fsp3) is 0.696. The number of hydrazine groups is 1. The first-order valence-electron chi connectivity index (χ1n) is 10.8. The molecule has 2 aliphatic rings. The lowest BCUT2D eigenvalue weighted by Crippen LogP contribution is -2.74. The van der Waals surface area contributed by atoms with E-state index < -0.39 is 0 Å². The summed E-state index contributed by atoms with van der Waals surface area (Å²) in [4.78, 5) is 13.1. The summed E-state index contributed by atoms with van der Waals surface area (Å²) in [5.74, 6) is 0.429. The zero-order valence-corrected chi connectivity index (χ0v) is 18.1. The summed E-state index contributed by atoms with van der Waals surface area (Å²) in [6, 6.07) is 10.4. The summed E-state index contributed by atoms with van der Waals surface area (Å²) in [6.45, 7) is 10.1. The molecule has 5 nitrogen and oxygen atoms in total. The van der Waals surface area contributed by atoms with E-state index in [1.165, 1.54) is 0 Å². The quantitative estimate of drug-likeness (QED) is 0.599. The van der Waals surface area contributed by atoms with Crippen molar-refractivity contribution in [3.8, 4) is 0 Å². The summed E-state index contributed by atoms with van der Waals surface area (Å²) in [6.07, 6.45) is 3.70. The Morgan fingerprint density at radius 1 is 1.18 bits per heavy atom. The Morgan fingerprint density at radius 2 is 1.86 bits per heavy atom. The van der Waals surface area contributed by atoms with Crippen LogP contribution in [0, 0.1) is 5.92 Å². The third kappa shape index (κ3) is 3.72. The van der Waals surface area contributed by atoms with Crippen LogP contribution in [-0.4, -0.2) is 53.4 Å². The predicted molar refractivity (Wildman–Crippen MR) is 111 cm³/mol. The fourth-order valence-electron chi connectivity index (χ4n) is 5.02. The lowest BCUT2D eigenvalue weighted by atomic mass is 9.85. The highest BCUT2D eigenvalue weighted by molar-refractivity contribution is 5.88. The molecule has 2 saturated heterocycles. The van der Waals surface area contributed by atoms with Gasteiger partial charge in [-0.2, -0.15) is 0 Å². The first kappa shape index (κ1) is 21.3. The Hall–Kier alpha value is -1.43. The van der Waals surface area contributed by atoms with Gasteiger partial charge in [0.1, 0.15) is 0 Å². The van der Waals surface area contributed by atoms with Gasteiger partial charge in [-0.1, -0.05) is 58.0 Å². The standard InChI is InChI=1S/C23H36N2O3/c1-6-23(7-2,27-5)19-14-11-15-24(19)25-20(17(3)4)21(22(25)26)28-16-18-12-9-8-10-13-18/h8-10,12-13,17,19-21H,6-7,11,14-16H2,1-5H3/t19-,20-,21+/m0/s1. The molecular weight excluding hydrogens is 352 g/mol. The van der Waals surface area contributed by atoms with Crippen LogP contribution in [-0.2, 0) is 20.9 Å². The molecule has 1 aromatic rings. The highest BCUT2D eigenvalue weighted by atomic mass is 16.5. The van der Waals surface area contributed by atoms with E-state index in [0.29, 0.717) is 12.5 Å². The van der Waals surface area contributed by atoms with Crippen molar-refractivity contribution in [2.75, 3.05) is 13.7 Å². The maximum absolute atomic E-state index is 13.1. The number of amides is 1. The van der Waals surface area contributed by atoms with Crippen molar-refractivity contribution < 1.29 is 14.3 Å². The molecule has 0 spiro atoms.